The molecular formula is C11H13ClO2. The van der Waals surface area contributed by atoms with Crippen molar-refractivity contribution in [2.24, 2.45) is 5.92 Å². The summed E-state index contributed by atoms with van der Waals surface area (Å²) in [4.78, 5) is 0. The van der Waals surface area contributed by atoms with Gasteiger partial charge in [-0.3, -0.25) is 0 Å². The summed E-state index contributed by atoms with van der Waals surface area (Å²) in [5, 5.41) is 10.2. The van der Waals surface area contributed by atoms with Gasteiger partial charge in [-0.05, 0) is 43.0 Å². The van der Waals surface area contributed by atoms with Crippen LogP contribution in [0.4, 0.5) is 0 Å². The highest BCUT2D eigenvalue weighted by Gasteiger charge is 2.29. The molecule has 1 aromatic rings. The normalized spacial score (nSPS) is 17.9. The third kappa shape index (κ3) is 2.63. The van der Waals surface area contributed by atoms with Gasteiger partial charge in [-0.25, -0.2) is 0 Å². The molecule has 2 nitrogen and oxygen atoms in total. The first kappa shape index (κ1) is 9.81. The Balaban J connectivity index is 1.82. The molecule has 0 bridgehead atoms. The summed E-state index contributed by atoms with van der Waals surface area (Å²) in [6.07, 6.45) is 1.95. The van der Waals surface area contributed by atoms with E-state index in [0.29, 0.717) is 17.5 Å². The van der Waals surface area contributed by atoms with E-state index in [0.717, 1.165) is 18.6 Å². The zero-order chi connectivity index (χ0) is 9.97. The minimum Gasteiger partial charge on any atom is -0.491 e. The van der Waals surface area contributed by atoms with Crippen molar-refractivity contribution >= 4 is 11.6 Å². The second-order valence-corrected chi connectivity index (χ2v) is 4.11. The van der Waals surface area contributed by atoms with Crippen LogP contribution in [-0.4, -0.2) is 17.8 Å². The number of aliphatic hydroxyl groups is 1. The molecule has 1 unspecified atom stereocenters. The molecular weight excluding hydrogens is 200 g/mol. The maximum Gasteiger partial charge on any atom is 0.119 e. The van der Waals surface area contributed by atoms with Crippen molar-refractivity contribution in [3.05, 3.63) is 29.3 Å². The van der Waals surface area contributed by atoms with Gasteiger partial charge in [0.25, 0.3) is 0 Å². The first-order chi connectivity index (χ1) is 6.75. The molecule has 0 aliphatic heterocycles. The summed E-state index contributed by atoms with van der Waals surface area (Å²) < 4.78 is 5.42. The van der Waals surface area contributed by atoms with Gasteiger partial charge in [0.15, 0.2) is 0 Å². The number of halogens is 1. The Hall–Kier alpha value is -0.730. The number of rotatable bonds is 4. The van der Waals surface area contributed by atoms with Crippen LogP contribution in [0.15, 0.2) is 24.3 Å². The Morgan fingerprint density at radius 3 is 2.57 bits per heavy atom. The lowest BCUT2D eigenvalue weighted by molar-refractivity contribution is 0.0894. The van der Waals surface area contributed by atoms with E-state index in [2.05, 4.69) is 0 Å². The first-order valence-electron chi connectivity index (χ1n) is 4.82. The highest BCUT2D eigenvalue weighted by molar-refractivity contribution is 6.30. The molecule has 1 saturated carbocycles. The fourth-order valence-electron chi connectivity index (χ4n) is 1.33. The van der Waals surface area contributed by atoms with Gasteiger partial charge in [0.05, 0.1) is 6.10 Å². The van der Waals surface area contributed by atoms with Crippen molar-refractivity contribution in [3.8, 4) is 5.75 Å². The van der Waals surface area contributed by atoms with Crippen LogP contribution in [0, 0.1) is 5.92 Å². The fourth-order valence-corrected chi connectivity index (χ4v) is 1.46. The molecule has 0 amide bonds. The molecule has 1 atom stereocenters. The molecule has 0 aromatic heterocycles. The molecule has 2 rings (SSSR count). The monoisotopic (exact) mass is 212 g/mol. The molecule has 14 heavy (non-hydrogen) atoms. The van der Waals surface area contributed by atoms with Crippen LogP contribution in [0.3, 0.4) is 0 Å². The quantitative estimate of drug-likeness (QED) is 0.831. The summed E-state index contributed by atoms with van der Waals surface area (Å²) in [7, 11) is 0. The lowest BCUT2D eigenvalue weighted by Crippen LogP contribution is -2.19. The van der Waals surface area contributed by atoms with Crippen LogP contribution in [-0.2, 0) is 0 Å². The number of hydrogen-bond acceptors (Lipinski definition) is 2. The van der Waals surface area contributed by atoms with Crippen LogP contribution in [0.25, 0.3) is 0 Å². The van der Waals surface area contributed by atoms with Crippen molar-refractivity contribution in [1.82, 2.24) is 0 Å². The second kappa shape index (κ2) is 4.20. The highest BCUT2D eigenvalue weighted by atomic mass is 35.5. The number of hydrogen-bond donors (Lipinski definition) is 1. The third-order valence-electron chi connectivity index (χ3n) is 2.40. The van der Waals surface area contributed by atoms with E-state index in [1.807, 2.05) is 12.1 Å². The predicted molar refractivity (Wildman–Crippen MR) is 55.7 cm³/mol. The molecule has 1 aromatic carbocycles. The van der Waals surface area contributed by atoms with E-state index in [1.165, 1.54) is 0 Å². The third-order valence-corrected chi connectivity index (χ3v) is 2.65. The Morgan fingerprint density at radius 2 is 2.00 bits per heavy atom. The van der Waals surface area contributed by atoms with Crippen molar-refractivity contribution in [2.45, 2.75) is 18.9 Å². The smallest absolute Gasteiger partial charge is 0.119 e. The van der Waals surface area contributed by atoms with Gasteiger partial charge in [0.1, 0.15) is 12.4 Å². The minimum absolute atomic E-state index is 0.314. The van der Waals surface area contributed by atoms with Gasteiger partial charge in [-0.1, -0.05) is 11.6 Å². The summed E-state index contributed by atoms with van der Waals surface area (Å²) >= 11 is 5.73. The van der Waals surface area contributed by atoms with Crippen LogP contribution < -0.4 is 4.74 Å². The van der Waals surface area contributed by atoms with E-state index in [4.69, 9.17) is 16.3 Å². The predicted octanol–water partition coefficient (Wildman–Crippen LogP) is 2.49. The summed E-state index contributed by atoms with van der Waals surface area (Å²) in [6, 6.07) is 7.17. The van der Waals surface area contributed by atoms with Crippen molar-refractivity contribution in [2.75, 3.05) is 6.61 Å². The molecule has 1 fully saturated rings. The maximum absolute atomic E-state index is 9.55. The van der Waals surface area contributed by atoms with Crippen molar-refractivity contribution in [1.29, 1.82) is 0 Å². The van der Waals surface area contributed by atoms with Gasteiger partial charge in [0, 0.05) is 5.02 Å². The van der Waals surface area contributed by atoms with Gasteiger partial charge in [-0.2, -0.15) is 0 Å². The van der Waals surface area contributed by atoms with Crippen LogP contribution in [0.5, 0.6) is 5.75 Å². The Bertz CT molecular complexity index is 293. The van der Waals surface area contributed by atoms with E-state index < -0.39 is 0 Å². The lowest BCUT2D eigenvalue weighted by atomic mass is 10.2. The van der Waals surface area contributed by atoms with E-state index in [-0.39, 0.29) is 6.10 Å². The molecule has 1 N–H and O–H groups in total. The Labute approximate surface area is 88.5 Å². The Morgan fingerprint density at radius 1 is 1.36 bits per heavy atom. The average molecular weight is 213 g/mol. The van der Waals surface area contributed by atoms with E-state index in [1.54, 1.807) is 12.1 Å². The molecule has 0 radical (unpaired) electrons. The van der Waals surface area contributed by atoms with E-state index in [9.17, 15) is 5.11 Å². The van der Waals surface area contributed by atoms with Gasteiger partial charge >= 0.3 is 0 Å². The molecule has 0 heterocycles. The topological polar surface area (TPSA) is 29.5 Å². The van der Waals surface area contributed by atoms with Crippen LogP contribution in [0.1, 0.15) is 12.8 Å². The van der Waals surface area contributed by atoms with Crippen LogP contribution in [0.2, 0.25) is 5.02 Å². The summed E-state index contributed by atoms with van der Waals surface area (Å²) in [6.45, 7) is 0.381. The zero-order valence-electron chi connectivity index (χ0n) is 7.82. The van der Waals surface area contributed by atoms with Crippen LogP contribution >= 0.6 is 11.6 Å². The van der Waals surface area contributed by atoms with Crippen molar-refractivity contribution in [3.63, 3.8) is 0 Å². The van der Waals surface area contributed by atoms with Gasteiger partial charge in [-0.15, -0.1) is 0 Å². The largest absolute Gasteiger partial charge is 0.491 e. The number of aliphatic hydroxyl groups excluding tert-OH is 1. The fraction of sp³-hybridized carbons (Fsp3) is 0.455. The molecule has 0 saturated heterocycles. The van der Waals surface area contributed by atoms with Gasteiger partial charge in [0.2, 0.25) is 0 Å². The summed E-state index contributed by atoms with van der Waals surface area (Å²) in [5.74, 6) is 1.22. The molecule has 1 aliphatic carbocycles. The summed E-state index contributed by atoms with van der Waals surface area (Å²) in [5.41, 5.74) is 0. The first-order valence-corrected chi connectivity index (χ1v) is 5.20. The van der Waals surface area contributed by atoms with Gasteiger partial charge < -0.3 is 9.84 Å². The molecule has 0 spiro atoms. The number of ether oxygens (including phenoxy) is 1. The highest BCUT2D eigenvalue weighted by Crippen LogP contribution is 2.32. The SMILES string of the molecule is OC(COc1ccc(Cl)cc1)C1CC1. The van der Waals surface area contributed by atoms with Crippen molar-refractivity contribution < 1.29 is 9.84 Å². The molecule has 3 heteroatoms. The number of benzene rings is 1. The average Bonchev–Trinajstić information content (AvgIpc) is 3.00. The second-order valence-electron chi connectivity index (χ2n) is 3.67. The molecule has 76 valence electrons. The van der Waals surface area contributed by atoms with E-state index >= 15 is 0 Å². The maximum atomic E-state index is 9.55. The minimum atomic E-state index is -0.314. The Kier molecular flexibility index (Phi) is 2.94. The lowest BCUT2D eigenvalue weighted by Gasteiger charge is -2.10. The molecule has 1 aliphatic rings. The standard InChI is InChI=1S/C11H13ClO2/c12-9-3-5-10(6-4-9)14-7-11(13)8-1-2-8/h3-6,8,11,13H,1-2,7H2. The zero-order valence-corrected chi connectivity index (χ0v) is 8.57.